The van der Waals surface area contributed by atoms with Gasteiger partial charge in [-0.15, -0.1) is 0 Å². The van der Waals surface area contributed by atoms with Crippen molar-refractivity contribution in [1.29, 1.82) is 0 Å². The fourth-order valence-corrected chi connectivity index (χ4v) is 4.48. The maximum atomic E-state index is 14.6. The maximum Gasteiger partial charge on any atom is 0.147 e. The molecule has 0 unspecified atom stereocenters. The highest BCUT2D eigenvalue weighted by atomic mass is 19.1. The van der Waals surface area contributed by atoms with Crippen molar-refractivity contribution in [1.82, 2.24) is 24.3 Å². The first-order valence-electron chi connectivity index (χ1n) is 11.5. The van der Waals surface area contributed by atoms with Crippen LogP contribution in [0.25, 0.3) is 27.8 Å². The Kier molecular flexibility index (Phi) is 5.94. The quantitative estimate of drug-likeness (QED) is 0.342. The van der Waals surface area contributed by atoms with Crippen LogP contribution in [0.1, 0.15) is 17.1 Å². The van der Waals surface area contributed by atoms with Crippen LogP contribution in [0.5, 0.6) is 5.75 Å². The van der Waals surface area contributed by atoms with Crippen molar-refractivity contribution in [2.75, 3.05) is 19.0 Å². The lowest BCUT2D eigenvalue weighted by atomic mass is 10.1. The number of nitrogens with zero attached hydrogens (tertiary/aromatic N) is 5. The van der Waals surface area contributed by atoms with Crippen LogP contribution in [0, 0.1) is 26.6 Å². The van der Waals surface area contributed by atoms with E-state index in [0.29, 0.717) is 30.2 Å². The molecule has 0 aliphatic heterocycles. The minimum Gasteiger partial charge on any atom is -0.496 e. The molecular weight excluding hydrogens is 443 g/mol. The van der Waals surface area contributed by atoms with E-state index < -0.39 is 0 Å². The molecule has 3 heterocycles. The Bertz CT molecular complexity index is 1500. The van der Waals surface area contributed by atoms with Gasteiger partial charge in [0.2, 0.25) is 0 Å². The molecule has 0 aliphatic rings. The molecule has 5 aromatic rings. The van der Waals surface area contributed by atoms with Gasteiger partial charge in [0.15, 0.2) is 0 Å². The molecule has 0 amide bonds. The number of nitrogens with one attached hydrogen (secondary N) is 1. The smallest absolute Gasteiger partial charge is 0.147 e. The van der Waals surface area contributed by atoms with Crippen molar-refractivity contribution in [2.24, 2.45) is 0 Å². The van der Waals surface area contributed by atoms with Gasteiger partial charge in [-0.3, -0.25) is 0 Å². The van der Waals surface area contributed by atoms with Gasteiger partial charge in [-0.05, 0) is 57.2 Å². The van der Waals surface area contributed by atoms with Crippen molar-refractivity contribution in [3.8, 4) is 22.7 Å². The summed E-state index contributed by atoms with van der Waals surface area (Å²) in [7, 11) is 1.60. The molecule has 178 valence electrons. The fourth-order valence-electron chi connectivity index (χ4n) is 4.48. The van der Waals surface area contributed by atoms with Crippen LogP contribution in [0.2, 0.25) is 0 Å². The average molecular weight is 471 g/mol. The van der Waals surface area contributed by atoms with Crippen molar-refractivity contribution in [2.45, 2.75) is 27.3 Å². The van der Waals surface area contributed by atoms with Gasteiger partial charge in [0.1, 0.15) is 23.7 Å². The highest BCUT2D eigenvalue weighted by Crippen LogP contribution is 2.31. The largest absolute Gasteiger partial charge is 0.496 e. The minimum absolute atomic E-state index is 0.262. The molecule has 0 spiro atoms. The summed E-state index contributed by atoms with van der Waals surface area (Å²) in [6.45, 7) is 7.15. The molecule has 0 radical (unpaired) electrons. The van der Waals surface area contributed by atoms with Crippen LogP contribution in [0.15, 0.2) is 60.9 Å². The number of aromatic nitrogens is 5. The van der Waals surface area contributed by atoms with Gasteiger partial charge in [-0.25, -0.2) is 19.0 Å². The third-order valence-electron chi connectivity index (χ3n) is 6.12. The number of anilines is 1. The maximum absolute atomic E-state index is 14.6. The van der Waals surface area contributed by atoms with Gasteiger partial charge in [-0.1, -0.05) is 12.1 Å². The van der Waals surface area contributed by atoms with Crippen molar-refractivity contribution >= 4 is 16.7 Å². The summed E-state index contributed by atoms with van der Waals surface area (Å²) < 4.78 is 23.9. The van der Waals surface area contributed by atoms with Crippen LogP contribution >= 0.6 is 0 Å². The van der Waals surface area contributed by atoms with Gasteiger partial charge in [0, 0.05) is 41.5 Å². The first kappa shape index (κ1) is 22.6. The number of halogens is 1. The summed E-state index contributed by atoms with van der Waals surface area (Å²) in [4.78, 5) is 8.79. The van der Waals surface area contributed by atoms with E-state index in [0.717, 1.165) is 39.4 Å². The highest BCUT2D eigenvalue weighted by molar-refractivity contribution is 5.88. The molecule has 8 heteroatoms. The van der Waals surface area contributed by atoms with Crippen molar-refractivity contribution < 1.29 is 9.13 Å². The summed E-state index contributed by atoms with van der Waals surface area (Å²) >= 11 is 0. The number of rotatable bonds is 7. The molecule has 0 fully saturated rings. The molecule has 5 rings (SSSR count). The topological polar surface area (TPSA) is 69.8 Å². The SMILES string of the molecule is COc1ccc(F)c2c1cc(C)n2CCNc1cc(-c2ccc(-n3nc(C)cc3C)cc2)ncn1. The first-order valence-corrected chi connectivity index (χ1v) is 11.5. The van der Waals surface area contributed by atoms with Crippen molar-refractivity contribution in [3.05, 3.63) is 83.8 Å². The number of benzene rings is 2. The number of aryl methyl sites for hydroxylation is 3. The van der Waals surface area contributed by atoms with Crippen LogP contribution in [0.3, 0.4) is 0 Å². The molecule has 7 nitrogen and oxygen atoms in total. The van der Waals surface area contributed by atoms with Crippen LogP contribution in [-0.2, 0) is 6.54 Å². The Morgan fingerprint density at radius 2 is 1.74 bits per heavy atom. The molecule has 2 aromatic carbocycles. The zero-order valence-electron chi connectivity index (χ0n) is 20.2. The van der Waals surface area contributed by atoms with Gasteiger partial charge in [-0.2, -0.15) is 5.10 Å². The predicted octanol–water partition coefficient (Wildman–Crippen LogP) is 5.47. The van der Waals surface area contributed by atoms with Crippen LogP contribution < -0.4 is 10.1 Å². The summed E-state index contributed by atoms with van der Waals surface area (Å²) in [5.74, 6) is 1.12. The number of methoxy groups -OCH3 is 1. The normalized spacial score (nSPS) is 11.2. The van der Waals surface area contributed by atoms with Gasteiger partial charge in [0.05, 0.1) is 29.7 Å². The summed E-state index contributed by atoms with van der Waals surface area (Å²) in [5, 5.41) is 8.66. The Labute approximate surface area is 203 Å². The van der Waals surface area contributed by atoms with E-state index >= 15 is 0 Å². The Morgan fingerprint density at radius 1 is 0.943 bits per heavy atom. The second kappa shape index (κ2) is 9.21. The van der Waals surface area contributed by atoms with Gasteiger partial charge >= 0.3 is 0 Å². The number of hydrogen-bond donors (Lipinski definition) is 1. The molecule has 35 heavy (non-hydrogen) atoms. The lowest BCUT2D eigenvalue weighted by Crippen LogP contribution is -2.13. The van der Waals surface area contributed by atoms with E-state index in [-0.39, 0.29) is 5.82 Å². The summed E-state index contributed by atoms with van der Waals surface area (Å²) in [5.41, 5.74) is 6.41. The second-order valence-corrected chi connectivity index (χ2v) is 8.55. The van der Waals surface area contributed by atoms with Crippen LogP contribution in [0.4, 0.5) is 10.2 Å². The Hall–Kier alpha value is -4.20. The van der Waals surface area contributed by atoms with E-state index in [4.69, 9.17) is 4.74 Å². The molecule has 1 N–H and O–H groups in total. The van der Waals surface area contributed by atoms with Crippen molar-refractivity contribution in [3.63, 3.8) is 0 Å². The third-order valence-corrected chi connectivity index (χ3v) is 6.12. The number of fused-ring (bicyclic) bond motifs is 1. The molecule has 0 atom stereocenters. The Morgan fingerprint density at radius 3 is 2.46 bits per heavy atom. The second-order valence-electron chi connectivity index (χ2n) is 8.55. The van der Waals surface area contributed by atoms with E-state index in [1.54, 1.807) is 19.5 Å². The highest BCUT2D eigenvalue weighted by Gasteiger charge is 2.14. The minimum atomic E-state index is -0.262. The van der Waals surface area contributed by atoms with Gasteiger partial charge in [0.25, 0.3) is 0 Å². The third kappa shape index (κ3) is 4.35. The molecule has 3 aromatic heterocycles. The van der Waals surface area contributed by atoms with E-state index in [1.807, 2.05) is 66.4 Å². The monoisotopic (exact) mass is 470 g/mol. The molecular formula is C27H27FN6O. The molecule has 0 bridgehead atoms. The zero-order chi connectivity index (χ0) is 24.5. The summed E-state index contributed by atoms with van der Waals surface area (Å²) in [6, 6.07) is 17.2. The predicted molar refractivity (Wildman–Crippen MR) is 136 cm³/mol. The molecule has 0 saturated carbocycles. The van der Waals surface area contributed by atoms with E-state index in [9.17, 15) is 4.39 Å². The standard InChI is InChI=1S/C27H27FN6O/c1-17-13-19(3)34(32-17)21-7-5-20(6-8-21)24-15-26(31-16-30-24)29-11-12-33-18(2)14-22-25(35-4)10-9-23(28)27(22)33/h5-10,13-16H,11-12H2,1-4H3,(H,29,30,31). The lowest BCUT2D eigenvalue weighted by Gasteiger charge is -2.12. The van der Waals surface area contributed by atoms with E-state index in [1.165, 1.54) is 6.07 Å². The fraction of sp³-hybridized carbons (Fsp3) is 0.222. The molecule has 0 aliphatic carbocycles. The van der Waals surface area contributed by atoms with Gasteiger partial charge < -0.3 is 14.6 Å². The first-order chi connectivity index (χ1) is 16.9. The van der Waals surface area contributed by atoms with E-state index in [2.05, 4.69) is 26.4 Å². The lowest BCUT2D eigenvalue weighted by molar-refractivity contribution is 0.419. The molecule has 0 saturated heterocycles. The summed E-state index contributed by atoms with van der Waals surface area (Å²) in [6.07, 6.45) is 1.55. The zero-order valence-corrected chi connectivity index (χ0v) is 20.2. The number of hydrogen-bond acceptors (Lipinski definition) is 5. The average Bonchev–Trinajstić information content (AvgIpc) is 3.38. The van der Waals surface area contributed by atoms with Crippen LogP contribution in [-0.4, -0.2) is 38.0 Å². The Balaban J connectivity index is 1.31. The number of ether oxygens (including phenoxy) is 1.